The van der Waals surface area contributed by atoms with Gasteiger partial charge in [0.15, 0.2) is 0 Å². The van der Waals surface area contributed by atoms with Crippen molar-refractivity contribution in [2.75, 3.05) is 24.2 Å². The smallest absolute Gasteiger partial charge is 0.221 e. The van der Waals surface area contributed by atoms with E-state index in [9.17, 15) is 4.79 Å². The largest absolute Gasteiger partial charge is 0.490 e. The van der Waals surface area contributed by atoms with Crippen LogP contribution in [-0.2, 0) is 4.79 Å². The van der Waals surface area contributed by atoms with Gasteiger partial charge in [-0.25, -0.2) is 0 Å². The second kappa shape index (κ2) is 5.21. The zero-order valence-corrected chi connectivity index (χ0v) is 8.62. The van der Waals surface area contributed by atoms with Crippen LogP contribution in [0.15, 0.2) is 18.2 Å². The maximum Gasteiger partial charge on any atom is 0.221 e. The van der Waals surface area contributed by atoms with E-state index in [4.69, 9.17) is 16.2 Å². The summed E-state index contributed by atoms with van der Waals surface area (Å²) in [7, 11) is 0. The molecule has 5 N–H and O–H groups in total. The molecule has 0 heterocycles. The lowest BCUT2D eigenvalue weighted by Crippen LogP contribution is -2.13. The van der Waals surface area contributed by atoms with Crippen molar-refractivity contribution in [3.05, 3.63) is 18.2 Å². The molecule has 1 amide bonds. The van der Waals surface area contributed by atoms with E-state index in [-0.39, 0.29) is 5.91 Å². The van der Waals surface area contributed by atoms with Gasteiger partial charge < -0.3 is 21.5 Å². The fourth-order valence-electron chi connectivity index (χ4n) is 1.13. The van der Waals surface area contributed by atoms with Crippen LogP contribution >= 0.6 is 0 Å². The van der Waals surface area contributed by atoms with E-state index in [2.05, 4.69) is 5.32 Å². The van der Waals surface area contributed by atoms with Gasteiger partial charge in [-0.1, -0.05) is 0 Å². The SMILES string of the molecule is CC(=O)Nc1cc(N)ccc1OCCN. The highest BCUT2D eigenvalue weighted by Gasteiger charge is 2.05. The third-order valence-electron chi connectivity index (χ3n) is 1.69. The van der Waals surface area contributed by atoms with Crippen molar-refractivity contribution in [3.8, 4) is 5.75 Å². The van der Waals surface area contributed by atoms with Crippen molar-refractivity contribution in [2.24, 2.45) is 5.73 Å². The van der Waals surface area contributed by atoms with Gasteiger partial charge >= 0.3 is 0 Å². The Morgan fingerprint density at radius 1 is 1.53 bits per heavy atom. The number of carbonyl (C=O) groups excluding carboxylic acids is 1. The molecular formula is C10H15N3O2. The zero-order valence-electron chi connectivity index (χ0n) is 8.62. The zero-order chi connectivity index (χ0) is 11.3. The molecule has 0 radical (unpaired) electrons. The number of benzene rings is 1. The first-order chi connectivity index (χ1) is 7.13. The number of amides is 1. The van der Waals surface area contributed by atoms with Gasteiger partial charge in [-0.05, 0) is 18.2 Å². The van der Waals surface area contributed by atoms with Crippen LogP contribution in [0.25, 0.3) is 0 Å². The summed E-state index contributed by atoms with van der Waals surface area (Å²) in [6.07, 6.45) is 0. The Kier molecular flexibility index (Phi) is 3.93. The summed E-state index contributed by atoms with van der Waals surface area (Å²) >= 11 is 0. The average Bonchev–Trinajstić information content (AvgIpc) is 2.16. The minimum Gasteiger partial charge on any atom is -0.490 e. The Morgan fingerprint density at radius 3 is 2.87 bits per heavy atom. The summed E-state index contributed by atoms with van der Waals surface area (Å²) < 4.78 is 5.35. The number of anilines is 2. The minimum atomic E-state index is -0.168. The molecule has 0 spiro atoms. The first-order valence-electron chi connectivity index (χ1n) is 4.63. The molecule has 1 aromatic carbocycles. The molecule has 15 heavy (non-hydrogen) atoms. The molecule has 0 saturated heterocycles. The molecule has 5 nitrogen and oxygen atoms in total. The molecule has 5 heteroatoms. The second-order valence-corrected chi connectivity index (χ2v) is 3.07. The Labute approximate surface area is 88.4 Å². The fourth-order valence-corrected chi connectivity index (χ4v) is 1.13. The summed E-state index contributed by atoms with van der Waals surface area (Å²) in [5, 5.41) is 2.64. The molecule has 0 atom stereocenters. The molecule has 1 rings (SSSR count). The molecule has 0 aliphatic heterocycles. The monoisotopic (exact) mass is 209 g/mol. The van der Waals surface area contributed by atoms with E-state index in [1.807, 2.05) is 0 Å². The molecule has 0 fully saturated rings. The summed E-state index contributed by atoms with van der Waals surface area (Å²) in [4.78, 5) is 10.9. The first kappa shape index (κ1) is 11.3. The highest BCUT2D eigenvalue weighted by molar-refractivity contribution is 5.91. The highest BCUT2D eigenvalue weighted by Crippen LogP contribution is 2.26. The van der Waals surface area contributed by atoms with Crippen molar-refractivity contribution in [1.82, 2.24) is 0 Å². The molecular weight excluding hydrogens is 194 g/mol. The number of hydrogen-bond acceptors (Lipinski definition) is 4. The van der Waals surface area contributed by atoms with Crippen LogP contribution < -0.4 is 21.5 Å². The maximum atomic E-state index is 10.9. The topological polar surface area (TPSA) is 90.4 Å². The number of nitrogens with one attached hydrogen (secondary N) is 1. The molecule has 0 aromatic heterocycles. The normalized spacial score (nSPS) is 9.73. The van der Waals surface area contributed by atoms with E-state index < -0.39 is 0 Å². The van der Waals surface area contributed by atoms with Crippen LogP contribution in [0, 0.1) is 0 Å². The van der Waals surface area contributed by atoms with Gasteiger partial charge in [0.05, 0.1) is 5.69 Å². The Balaban J connectivity index is 2.87. The van der Waals surface area contributed by atoms with Gasteiger partial charge in [0.2, 0.25) is 5.91 Å². The van der Waals surface area contributed by atoms with Gasteiger partial charge in [0.1, 0.15) is 12.4 Å². The van der Waals surface area contributed by atoms with Gasteiger partial charge in [0, 0.05) is 19.2 Å². The van der Waals surface area contributed by atoms with E-state index in [1.165, 1.54) is 6.92 Å². The summed E-state index contributed by atoms with van der Waals surface area (Å²) in [5.74, 6) is 0.406. The predicted octanol–water partition coefficient (Wildman–Crippen LogP) is 0.565. The molecule has 0 aliphatic carbocycles. The maximum absolute atomic E-state index is 10.9. The number of nitrogens with two attached hydrogens (primary N) is 2. The standard InChI is InChI=1S/C10H15N3O2/c1-7(14)13-9-6-8(12)2-3-10(9)15-5-4-11/h2-3,6H,4-5,11-12H2,1H3,(H,13,14). The molecule has 0 saturated carbocycles. The van der Waals surface area contributed by atoms with E-state index >= 15 is 0 Å². The summed E-state index contributed by atoms with van der Waals surface area (Å²) in [6.45, 7) is 2.25. The number of rotatable bonds is 4. The Hall–Kier alpha value is -1.75. The number of nitrogen functional groups attached to an aromatic ring is 1. The first-order valence-corrected chi connectivity index (χ1v) is 4.63. The Morgan fingerprint density at radius 2 is 2.27 bits per heavy atom. The number of ether oxygens (including phenoxy) is 1. The van der Waals surface area contributed by atoms with Crippen LogP contribution in [0.3, 0.4) is 0 Å². The van der Waals surface area contributed by atoms with Crippen LogP contribution in [0.5, 0.6) is 5.75 Å². The van der Waals surface area contributed by atoms with Crippen LogP contribution in [0.4, 0.5) is 11.4 Å². The highest BCUT2D eigenvalue weighted by atomic mass is 16.5. The number of hydrogen-bond donors (Lipinski definition) is 3. The van der Waals surface area contributed by atoms with Crippen LogP contribution in [-0.4, -0.2) is 19.1 Å². The lowest BCUT2D eigenvalue weighted by molar-refractivity contribution is -0.114. The average molecular weight is 209 g/mol. The third-order valence-corrected chi connectivity index (χ3v) is 1.69. The molecule has 0 unspecified atom stereocenters. The Bertz CT molecular complexity index is 353. The van der Waals surface area contributed by atoms with Gasteiger partial charge in [-0.2, -0.15) is 0 Å². The van der Waals surface area contributed by atoms with Gasteiger partial charge in [-0.3, -0.25) is 4.79 Å². The van der Waals surface area contributed by atoms with Crippen molar-refractivity contribution in [2.45, 2.75) is 6.92 Å². The van der Waals surface area contributed by atoms with Gasteiger partial charge in [0.25, 0.3) is 0 Å². The van der Waals surface area contributed by atoms with Crippen molar-refractivity contribution < 1.29 is 9.53 Å². The van der Waals surface area contributed by atoms with Crippen molar-refractivity contribution in [1.29, 1.82) is 0 Å². The quantitative estimate of drug-likeness (QED) is 0.632. The second-order valence-electron chi connectivity index (χ2n) is 3.07. The molecule has 1 aromatic rings. The van der Waals surface area contributed by atoms with E-state index in [1.54, 1.807) is 18.2 Å². The van der Waals surface area contributed by atoms with E-state index in [0.717, 1.165) is 0 Å². The minimum absolute atomic E-state index is 0.168. The number of carbonyl (C=O) groups is 1. The van der Waals surface area contributed by atoms with E-state index in [0.29, 0.717) is 30.3 Å². The fraction of sp³-hybridized carbons (Fsp3) is 0.300. The van der Waals surface area contributed by atoms with Crippen molar-refractivity contribution in [3.63, 3.8) is 0 Å². The lowest BCUT2D eigenvalue weighted by atomic mass is 10.2. The van der Waals surface area contributed by atoms with Crippen LogP contribution in [0.2, 0.25) is 0 Å². The molecule has 0 aliphatic rings. The summed E-state index contributed by atoms with van der Waals surface area (Å²) in [6, 6.07) is 5.06. The molecule has 82 valence electrons. The molecule has 0 bridgehead atoms. The predicted molar refractivity (Wildman–Crippen MR) is 59.7 cm³/mol. The van der Waals surface area contributed by atoms with Gasteiger partial charge in [-0.15, -0.1) is 0 Å². The lowest BCUT2D eigenvalue weighted by Gasteiger charge is -2.11. The summed E-state index contributed by atoms with van der Waals surface area (Å²) in [5.41, 5.74) is 12.1. The van der Waals surface area contributed by atoms with Crippen LogP contribution in [0.1, 0.15) is 6.92 Å². The third kappa shape index (κ3) is 3.47. The van der Waals surface area contributed by atoms with Crippen molar-refractivity contribution >= 4 is 17.3 Å².